The number of hydrogen-bond acceptors (Lipinski definition) is 3. The summed E-state index contributed by atoms with van der Waals surface area (Å²) in [6, 6.07) is 0. The van der Waals surface area contributed by atoms with Crippen molar-refractivity contribution in [2.75, 3.05) is 39.3 Å². The maximum absolute atomic E-state index is 5.50. The number of nitrogens with two attached hydrogens (primary N) is 1. The second kappa shape index (κ2) is 18.9. The van der Waals surface area contributed by atoms with Gasteiger partial charge in [-0.25, -0.2) is 0 Å². The molecule has 0 radical (unpaired) electrons. The van der Waals surface area contributed by atoms with Gasteiger partial charge in [-0.15, -0.1) is 0 Å². The van der Waals surface area contributed by atoms with Crippen molar-refractivity contribution in [2.45, 2.75) is 84.5 Å². The van der Waals surface area contributed by atoms with Gasteiger partial charge in [0.1, 0.15) is 0 Å². The minimum Gasteiger partial charge on any atom is -0.330 e. The van der Waals surface area contributed by atoms with Crippen LogP contribution in [0.4, 0.5) is 0 Å². The van der Waals surface area contributed by atoms with Crippen LogP contribution in [0.2, 0.25) is 0 Å². The number of rotatable bonds is 18. The van der Waals surface area contributed by atoms with Gasteiger partial charge in [0, 0.05) is 0 Å². The number of hydrogen-bond donors (Lipinski definition) is 2. The molecule has 0 aliphatic heterocycles. The van der Waals surface area contributed by atoms with Gasteiger partial charge in [0.25, 0.3) is 0 Å². The van der Waals surface area contributed by atoms with Crippen LogP contribution in [0.15, 0.2) is 0 Å². The maximum Gasteiger partial charge on any atom is -0.000664 e. The van der Waals surface area contributed by atoms with E-state index in [2.05, 4.69) is 24.1 Å². The van der Waals surface area contributed by atoms with Crippen LogP contribution in [-0.4, -0.2) is 44.2 Å². The molecule has 0 rings (SSSR count). The van der Waals surface area contributed by atoms with E-state index in [-0.39, 0.29) is 0 Å². The van der Waals surface area contributed by atoms with Crippen molar-refractivity contribution < 1.29 is 0 Å². The second-order valence-corrected chi connectivity index (χ2v) is 6.56. The Morgan fingerprint density at radius 2 is 1.23 bits per heavy atom. The summed E-state index contributed by atoms with van der Waals surface area (Å²) in [7, 11) is 0. The zero-order chi connectivity index (χ0) is 16.3. The quantitative estimate of drug-likeness (QED) is 0.373. The van der Waals surface area contributed by atoms with Crippen LogP contribution < -0.4 is 11.1 Å². The summed E-state index contributed by atoms with van der Waals surface area (Å²) in [6.45, 7) is 11.4. The molecule has 0 aromatic heterocycles. The van der Waals surface area contributed by atoms with E-state index in [1.54, 1.807) is 0 Å². The number of unbranched alkanes of at least 4 members (excludes halogenated alkanes) is 7. The van der Waals surface area contributed by atoms with Crippen molar-refractivity contribution >= 4 is 0 Å². The Balaban J connectivity index is 3.43. The SMILES string of the molecule is CCCCCCCCCCN(CCC)CCCNCCCN. The van der Waals surface area contributed by atoms with Gasteiger partial charge in [0.15, 0.2) is 0 Å². The van der Waals surface area contributed by atoms with Gasteiger partial charge in [-0.05, 0) is 65.0 Å². The average molecular weight is 314 g/mol. The molecule has 134 valence electrons. The van der Waals surface area contributed by atoms with Crippen LogP contribution in [0.1, 0.15) is 84.5 Å². The van der Waals surface area contributed by atoms with Gasteiger partial charge in [-0.2, -0.15) is 0 Å². The molecule has 22 heavy (non-hydrogen) atoms. The van der Waals surface area contributed by atoms with E-state index >= 15 is 0 Å². The molecule has 3 N–H and O–H groups in total. The van der Waals surface area contributed by atoms with Crippen LogP contribution >= 0.6 is 0 Å². The summed E-state index contributed by atoms with van der Waals surface area (Å²) >= 11 is 0. The Kier molecular flexibility index (Phi) is 18.8. The first kappa shape index (κ1) is 21.9. The van der Waals surface area contributed by atoms with Gasteiger partial charge in [-0.1, -0.05) is 58.8 Å². The predicted octanol–water partition coefficient (Wildman–Crippen LogP) is 4.17. The van der Waals surface area contributed by atoms with E-state index in [0.717, 1.165) is 26.1 Å². The molecular weight excluding hydrogens is 270 g/mol. The lowest BCUT2D eigenvalue weighted by Gasteiger charge is -2.21. The van der Waals surface area contributed by atoms with E-state index < -0.39 is 0 Å². The van der Waals surface area contributed by atoms with E-state index in [9.17, 15) is 0 Å². The molecule has 0 aliphatic carbocycles. The highest BCUT2D eigenvalue weighted by atomic mass is 15.1. The third-order valence-corrected chi connectivity index (χ3v) is 4.25. The normalized spacial score (nSPS) is 11.5. The third-order valence-electron chi connectivity index (χ3n) is 4.25. The van der Waals surface area contributed by atoms with Crippen LogP contribution in [0, 0.1) is 0 Å². The van der Waals surface area contributed by atoms with Gasteiger partial charge in [-0.3, -0.25) is 0 Å². The lowest BCUT2D eigenvalue weighted by Crippen LogP contribution is -2.29. The smallest absolute Gasteiger partial charge is 0.000664 e. The summed E-state index contributed by atoms with van der Waals surface area (Å²) < 4.78 is 0. The number of nitrogens with zero attached hydrogens (tertiary/aromatic N) is 1. The second-order valence-electron chi connectivity index (χ2n) is 6.56. The summed E-state index contributed by atoms with van der Waals surface area (Å²) in [5, 5.41) is 3.48. The molecule has 0 fully saturated rings. The highest BCUT2D eigenvalue weighted by Gasteiger charge is 2.03. The third kappa shape index (κ3) is 16.3. The molecule has 0 unspecified atom stereocenters. The van der Waals surface area contributed by atoms with Crippen molar-refractivity contribution in [3.63, 3.8) is 0 Å². The first-order chi connectivity index (χ1) is 10.8. The van der Waals surface area contributed by atoms with Crippen LogP contribution in [0.5, 0.6) is 0 Å². The minimum atomic E-state index is 0.799. The molecule has 3 heteroatoms. The lowest BCUT2D eigenvalue weighted by molar-refractivity contribution is 0.263. The standard InChI is InChI=1S/C19H43N3/c1-3-5-6-7-8-9-10-11-18-22(17-4-2)19-13-16-21-15-12-14-20/h21H,3-20H2,1-2H3. The zero-order valence-corrected chi connectivity index (χ0v) is 15.5. The van der Waals surface area contributed by atoms with Crippen molar-refractivity contribution in [3.05, 3.63) is 0 Å². The molecule has 0 aromatic carbocycles. The Labute approximate surface area is 140 Å². The summed E-state index contributed by atoms with van der Waals surface area (Å²) in [6.07, 6.45) is 15.0. The molecule has 0 amide bonds. The lowest BCUT2D eigenvalue weighted by atomic mass is 10.1. The van der Waals surface area contributed by atoms with Crippen molar-refractivity contribution in [2.24, 2.45) is 5.73 Å². The Morgan fingerprint density at radius 1 is 0.636 bits per heavy atom. The van der Waals surface area contributed by atoms with E-state index in [1.165, 1.54) is 83.8 Å². The molecule has 3 nitrogen and oxygen atoms in total. The number of nitrogens with one attached hydrogen (secondary N) is 1. The highest BCUT2D eigenvalue weighted by molar-refractivity contribution is 4.60. The van der Waals surface area contributed by atoms with Gasteiger partial charge >= 0.3 is 0 Å². The predicted molar refractivity (Wildman–Crippen MR) is 100 cm³/mol. The van der Waals surface area contributed by atoms with Crippen molar-refractivity contribution in [3.8, 4) is 0 Å². The van der Waals surface area contributed by atoms with Crippen LogP contribution in [0.25, 0.3) is 0 Å². The van der Waals surface area contributed by atoms with E-state index in [0.29, 0.717) is 0 Å². The molecule has 0 atom stereocenters. The summed E-state index contributed by atoms with van der Waals surface area (Å²) in [5.74, 6) is 0. The first-order valence-electron chi connectivity index (χ1n) is 9.98. The Morgan fingerprint density at radius 3 is 1.86 bits per heavy atom. The fraction of sp³-hybridized carbons (Fsp3) is 1.00. The fourth-order valence-corrected chi connectivity index (χ4v) is 2.90. The minimum absolute atomic E-state index is 0.799. The topological polar surface area (TPSA) is 41.3 Å². The summed E-state index contributed by atoms with van der Waals surface area (Å²) in [4.78, 5) is 2.65. The maximum atomic E-state index is 5.50. The zero-order valence-electron chi connectivity index (χ0n) is 15.5. The Bertz CT molecular complexity index is 197. The van der Waals surface area contributed by atoms with Gasteiger partial charge < -0.3 is 16.0 Å². The average Bonchev–Trinajstić information content (AvgIpc) is 2.53. The Hall–Kier alpha value is -0.120. The van der Waals surface area contributed by atoms with Crippen LogP contribution in [-0.2, 0) is 0 Å². The van der Waals surface area contributed by atoms with Crippen LogP contribution in [0.3, 0.4) is 0 Å². The summed E-state index contributed by atoms with van der Waals surface area (Å²) in [5.41, 5.74) is 5.50. The highest BCUT2D eigenvalue weighted by Crippen LogP contribution is 2.09. The molecule has 0 aliphatic rings. The van der Waals surface area contributed by atoms with E-state index in [1.807, 2.05) is 0 Å². The molecular formula is C19H43N3. The monoisotopic (exact) mass is 313 g/mol. The van der Waals surface area contributed by atoms with Gasteiger partial charge in [0.2, 0.25) is 0 Å². The van der Waals surface area contributed by atoms with Crippen molar-refractivity contribution in [1.29, 1.82) is 0 Å². The molecule has 0 saturated carbocycles. The first-order valence-corrected chi connectivity index (χ1v) is 9.98. The molecule has 0 heterocycles. The largest absolute Gasteiger partial charge is 0.330 e. The van der Waals surface area contributed by atoms with Gasteiger partial charge in [0.05, 0.1) is 0 Å². The molecule has 0 spiro atoms. The molecule has 0 saturated heterocycles. The van der Waals surface area contributed by atoms with E-state index in [4.69, 9.17) is 5.73 Å². The fourth-order valence-electron chi connectivity index (χ4n) is 2.90. The molecule has 0 aromatic rings. The molecule has 0 bridgehead atoms. The van der Waals surface area contributed by atoms with Crippen molar-refractivity contribution in [1.82, 2.24) is 10.2 Å².